The molecule has 2 aliphatic rings. The molecule has 1 nitrogen and oxygen atoms in total. The summed E-state index contributed by atoms with van der Waals surface area (Å²) in [6.07, 6.45) is 10.8. The molecule has 2 aliphatic carbocycles. The molecule has 0 fully saturated rings. The molecule has 68 valence electrons. The van der Waals surface area contributed by atoms with Gasteiger partial charge < -0.3 is 0 Å². The summed E-state index contributed by atoms with van der Waals surface area (Å²) in [6, 6.07) is 0. The van der Waals surface area contributed by atoms with Gasteiger partial charge in [0.15, 0.2) is 0 Å². The highest BCUT2D eigenvalue weighted by molar-refractivity contribution is 6.04. The molecule has 0 N–H and O–H groups in total. The Morgan fingerprint density at radius 3 is 2.62 bits per heavy atom. The van der Waals surface area contributed by atoms with E-state index in [9.17, 15) is 0 Å². The van der Waals surface area contributed by atoms with E-state index in [-0.39, 0.29) is 5.41 Å². The highest BCUT2D eigenvalue weighted by atomic mass is 14.7. The fourth-order valence-electron chi connectivity index (χ4n) is 2.17. The second-order valence-corrected chi connectivity index (χ2v) is 3.94. The summed E-state index contributed by atoms with van der Waals surface area (Å²) < 4.78 is 0. The third kappa shape index (κ3) is 0.963. The van der Waals surface area contributed by atoms with E-state index in [1.54, 1.807) is 0 Å². The van der Waals surface area contributed by atoms with Gasteiger partial charge in [-0.3, -0.25) is 4.99 Å². The maximum atomic E-state index is 4.36. The smallest absolute Gasteiger partial charge is 0.0453 e. The number of fused-ring (bicyclic) bond motifs is 1. The molecule has 2 unspecified atom stereocenters. The minimum atomic E-state index is 0.165. The van der Waals surface area contributed by atoms with E-state index in [0.29, 0.717) is 5.92 Å². The van der Waals surface area contributed by atoms with Gasteiger partial charge in [0.1, 0.15) is 0 Å². The Kier molecular flexibility index (Phi) is 1.76. The number of nitrogens with zero attached hydrogens (tertiary/aromatic N) is 1. The molecule has 1 heteroatoms. The molecule has 0 heterocycles. The van der Waals surface area contributed by atoms with Crippen molar-refractivity contribution in [3.05, 3.63) is 36.0 Å². The Balaban J connectivity index is 2.51. The van der Waals surface area contributed by atoms with Crippen molar-refractivity contribution >= 4 is 5.71 Å². The molecule has 0 aromatic rings. The molecule has 0 aromatic carbocycles. The maximum Gasteiger partial charge on any atom is 0.0453 e. The van der Waals surface area contributed by atoms with Gasteiger partial charge in [-0.1, -0.05) is 31.2 Å². The van der Waals surface area contributed by atoms with Crippen LogP contribution < -0.4 is 0 Å². The Labute approximate surface area is 79.6 Å². The summed E-state index contributed by atoms with van der Waals surface area (Å²) in [4.78, 5) is 4.36. The van der Waals surface area contributed by atoms with Crippen molar-refractivity contribution in [2.45, 2.75) is 13.8 Å². The SMILES string of the molecule is CN=C1C=CC=CC2=CC(C)C21C. The Bertz CT molecular complexity index is 344. The summed E-state index contributed by atoms with van der Waals surface area (Å²) in [6.45, 7) is 4.52. The van der Waals surface area contributed by atoms with E-state index < -0.39 is 0 Å². The lowest BCUT2D eigenvalue weighted by Gasteiger charge is -2.43. The van der Waals surface area contributed by atoms with Crippen LogP contribution in [0.15, 0.2) is 40.9 Å². The van der Waals surface area contributed by atoms with Crippen molar-refractivity contribution < 1.29 is 0 Å². The monoisotopic (exact) mass is 173 g/mol. The van der Waals surface area contributed by atoms with Gasteiger partial charge in [-0.05, 0) is 24.5 Å². The lowest BCUT2D eigenvalue weighted by atomic mass is 9.60. The number of allylic oxidation sites excluding steroid dienone is 6. The number of aliphatic imine (C=N–C) groups is 1. The summed E-state index contributed by atoms with van der Waals surface area (Å²) >= 11 is 0. The van der Waals surface area contributed by atoms with Crippen LogP contribution in [0.2, 0.25) is 0 Å². The first kappa shape index (κ1) is 8.49. The normalized spacial score (nSPS) is 39.5. The molecule has 0 saturated carbocycles. The summed E-state index contributed by atoms with van der Waals surface area (Å²) in [5.74, 6) is 0.605. The molecule has 0 aliphatic heterocycles. The predicted octanol–water partition coefficient (Wildman–Crippen LogP) is 2.77. The third-order valence-corrected chi connectivity index (χ3v) is 3.35. The zero-order valence-corrected chi connectivity index (χ0v) is 8.41. The van der Waals surface area contributed by atoms with Gasteiger partial charge in [0.2, 0.25) is 0 Å². The van der Waals surface area contributed by atoms with Crippen LogP contribution in [0.4, 0.5) is 0 Å². The van der Waals surface area contributed by atoms with Gasteiger partial charge in [0, 0.05) is 18.2 Å². The number of rotatable bonds is 0. The second kappa shape index (κ2) is 2.69. The van der Waals surface area contributed by atoms with Crippen molar-refractivity contribution in [3.63, 3.8) is 0 Å². The minimum absolute atomic E-state index is 0.165. The molecule has 0 amide bonds. The number of hydrogen-bond donors (Lipinski definition) is 0. The zero-order valence-electron chi connectivity index (χ0n) is 8.41. The van der Waals surface area contributed by atoms with E-state index in [1.165, 1.54) is 11.3 Å². The van der Waals surface area contributed by atoms with Crippen molar-refractivity contribution in [1.82, 2.24) is 0 Å². The second-order valence-electron chi connectivity index (χ2n) is 3.94. The van der Waals surface area contributed by atoms with Crippen LogP contribution in [0, 0.1) is 11.3 Å². The van der Waals surface area contributed by atoms with Crippen LogP contribution >= 0.6 is 0 Å². The van der Waals surface area contributed by atoms with Crippen molar-refractivity contribution in [1.29, 1.82) is 0 Å². The summed E-state index contributed by atoms with van der Waals surface area (Å²) in [7, 11) is 1.87. The standard InChI is InChI=1S/C12H15N/c1-9-8-10-6-4-5-7-11(13-3)12(9,10)2/h4-9H,1-3H3. The largest absolute Gasteiger partial charge is 0.292 e. The van der Waals surface area contributed by atoms with Crippen LogP contribution in [0.25, 0.3) is 0 Å². The van der Waals surface area contributed by atoms with Gasteiger partial charge in [-0.25, -0.2) is 0 Å². The van der Waals surface area contributed by atoms with Crippen LogP contribution in [-0.4, -0.2) is 12.8 Å². The van der Waals surface area contributed by atoms with E-state index in [2.05, 4.69) is 49.2 Å². The molecule has 0 saturated heterocycles. The summed E-state index contributed by atoms with van der Waals surface area (Å²) in [5.41, 5.74) is 2.77. The minimum Gasteiger partial charge on any atom is -0.292 e. The van der Waals surface area contributed by atoms with E-state index in [1.807, 2.05) is 7.05 Å². The molecule has 2 rings (SSSR count). The molecule has 0 bridgehead atoms. The van der Waals surface area contributed by atoms with Gasteiger partial charge in [-0.15, -0.1) is 0 Å². The Morgan fingerprint density at radius 1 is 1.31 bits per heavy atom. The quantitative estimate of drug-likeness (QED) is 0.534. The molecule has 0 aromatic heterocycles. The van der Waals surface area contributed by atoms with Gasteiger partial charge in [0.05, 0.1) is 0 Å². The molecule has 2 atom stereocenters. The first-order chi connectivity index (χ1) is 6.19. The zero-order chi connectivity index (χ0) is 9.47. The van der Waals surface area contributed by atoms with E-state index in [0.717, 1.165) is 0 Å². The highest BCUT2D eigenvalue weighted by Crippen LogP contribution is 2.48. The van der Waals surface area contributed by atoms with Crippen LogP contribution in [0.1, 0.15) is 13.8 Å². The van der Waals surface area contributed by atoms with Crippen molar-refractivity contribution in [3.8, 4) is 0 Å². The summed E-state index contributed by atoms with van der Waals surface area (Å²) in [5, 5.41) is 0. The fraction of sp³-hybridized carbons (Fsp3) is 0.417. The lowest BCUT2D eigenvalue weighted by Crippen LogP contribution is -2.40. The van der Waals surface area contributed by atoms with Gasteiger partial charge >= 0.3 is 0 Å². The number of hydrogen-bond acceptors (Lipinski definition) is 1. The van der Waals surface area contributed by atoms with Crippen molar-refractivity contribution in [2.24, 2.45) is 16.3 Å². The topological polar surface area (TPSA) is 12.4 Å². The molecular weight excluding hydrogens is 158 g/mol. The van der Waals surface area contributed by atoms with Crippen LogP contribution in [-0.2, 0) is 0 Å². The van der Waals surface area contributed by atoms with Crippen molar-refractivity contribution in [2.75, 3.05) is 7.05 Å². The molecule has 13 heavy (non-hydrogen) atoms. The highest BCUT2D eigenvalue weighted by Gasteiger charge is 2.43. The Morgan fingerprint density at radius 2 is 2.00 bits per heavy atom. The van der Waals surface area contributed by atoms with E-state index >= 15 is 0 Å². The lowest BCUT2D eigenvalue weighted by molar-refractivity contribution is 0.383. The first-order valence-electron chi connectivity index (χ1n) is 4.74. The van der Waals surface area contributed by atoms with Crippen LogP contribution in [0.3, 0.4) is 0 Å². The Hall–Kier alpha value is -1.11. The van der Waals surface area contributed by atoms with E-state index in [4.69, 9.17) is 0 Å². The van der Waals surface area contributed by atoms with Crippen LogP contribution in [0.5, 0.6) is 0 Å². The van der Waals surface area contributed by atoms with Gasteiger partial charge in [-0.2, -0.15) is 0 Å². The molecule has 0 radical (unpaired) electrons. The van der Waals surface area contributed by atoms with Gasteiger partial charge in [0.25, 0.3) is 0 Å². The average Bonchev–Trinajstić information content (AvgIpc) is 2.26. The average molecular weight is 173 g/mol. The maximum absolute atomic E-state index is 4.36. The molecule has 0 spiro atoms. The predicted molar refractivity (Wildman–Crippen MR) is 57.0 cm³/mol. The fourth-order valence-corrected chi connectivity index (χ4v) is 2.17. The molecular formula is C12H15N. The third-order valence-electron chi connectivity index (χ3n) is 3.35. The first-order valence-corrected chi connectivity index (χ1v) is 4.74.